The lowest BCUT2D eigenvalue weighted by Crippen LogP contribution is -2.09. The summed E-state index contributed by atoms with van der Waals surface area (Å²) in [5, 5.41) is 10.8. The number of anilines is 1. The smallest absolute Gasteiger partial charge is 0.270 e. The van der Waals surface area contributed by atoms with Gasteiger partial charge in [0, 0.05) is 33.4 Å². The van der Waals surface area contributed by atoms with Crippen molar-refractivity contribution in [2.24, 2.45) is 0 Å². The number of halogens is 1. The van der Waals surface area contributed by atoms with E-state index in [0.717, 1.165) is 6.26 Å². The highest BCUT2D eigenvalue weighted by atomic mass is 79.9. The highest BCUT2D eigenvalue weighted by molar-refractivity contribution is 9.10. The first-order valence-corrected chi connectivity index (χ1v) is 11.2. The fourth-order valence-corrected chi connectivity index (χ4v) is 3.70. The van der Waals surface area contributed by atoms with Gasteiger partial charge >= 0.3 is 0 Å². The fraction of sp³-hybridized carbons (Fsp3) is 0.0500. The van der Waals surface area contributed by atoms with Crippen LogP contribution in [0.2, 0.25) is 0 Å². The lowest BCUT2D eigenvalue weighted by atomic mass is 10.1. The van der Waals surface area contributed by atoms with E-state index in [1.807, 2.05) is 0 Å². The van der Waals surface area contributed by atoms with Gasteiger partial charge in [0.05, 0.1) is 11.2 Å². The number of ketones is 1. The van der Waals surface area contributed by atoms with Crippen LogP contribution in [0.1, 0.15) is 16.1 Å². The normalized spacial score (nSPS) is 11.5. The third-order valence-electron chi connectivity index (χ3n) is 3.93. The Morgan fingerprint density at radius 1 is 1.13 bits per heavy atom. The van der Waals surface area contributed by atoms with Crippen LogP contribution >= 0.6 is 15.9 Å². The van der Waals surface area contributed by atoms with Gasteiger partial charge in [0.15, 0.2) is 5.78 Å². The van der Waals surface area contributed by atoms with Crippen LogP contribution in [0.4, 0.5) is 11.4 Å². The van der Waals surface area contributed by atoms with Crippen LogP contribution in [0.3, 0.4) is 0 Å². The molecule has 0 aliphatic carbocycles. The van der Waals surface area contributed by atoms with Crippen LogP contribution in [0.25, 0.3) is 17.4 Å². The lowest BCUT2D eigenvalue weighted by molar-refractivity contribution is -0.384. The number of nitrogens with one attached hydrogen (secondary N) is 1. The summed E-state index contributed by atoms with van der Waals surface area (Å²) in [7, 11) is -3.38. The van der Waals surface area contributed by atoms with Crippen LogP contribution in [0.15, 0.2) is 69.6 Å². The summed E-state index contributed by atoms with van der Waals surface area (Å²) in [6, 6.07) is 13.7. The van der Waals surface area contributed by atoms with Crippen molar-refractivity contribution in [2.45, 2.75) is 0 Å². The van der Waals surface area contributed by atoms with E-state index in [1.54, 1.807) is 18.2 Å². The third-order valence-corrected chi connectivity index (χ3v) is 5.19. The summed E-state index contributed by atoms with van der Waals surface area (Å²) in [5.74, 6) is 0.634. The standard InChI is InChI=1S/C20H15BrN2O6S/c1-30(27,28)22-14-4-2-13(3-5-14)19(24)10-7-16-8-11-20(29-16)17-9-6-15(23(25)26)12-18(17)21/h2-12,22H,1H3/b10-7+. The van der Waals surface area contributed by atoms with Gasteiger partial charge < -0.3 is 4.42 Å². The number of non-ortho nitro benzene ring substituents is 1. The van der Waals surface area contributed by atoms with Crippen LogP contribution in [-0.2, 0) is 10.0 Å². The number of hydrogen-bond donors (Lipinski definition) is 1. The maximum Gasteiger partial charge on any atom is 0.270 e. The molecule has 10 heteroatoms. The van der Waals surface area contributed by atoms with Crippen molar-refractivity contribution in [3.05, 3.63) is 86.6 Å². The number of sulfonamides is 1. The van der Waals surface area contributed by atoms with Gasteiger partial charge in [-0.05, 0) is 70.5 Å². The number of carbonyl (C=O) groups is 1. The maximum absolute atomic E-state index is 12.3. The number of furan rings is 1. The van der Waals surface area contributed by atoms with Crippen molar-refractivity contribution in [1.82, 2.24) is 0 Å². The van der Waals surface area contributed by atoms with Crippen molar-refractivity contribution in [3.8, 4) is 11.3 Å². The minimum Gasteiger partial charge on any atom is -0.457 e. The highest BCUT2D eigenvalue weighted by Crippen LogP contribution is 2.32. The van der Waals surface area contributed by atoms with Gasteiger partial charge in [-0.2, -0.15) is 0 Å². The Balaban J connectivity index is 1.72. The van der Waals surface area contributed by atoms with Gasteiger partial charge in [-0.25, -0.2) is 8.42 Å². The first kappa shape index (κ1) is 21.5. The molecule has 154 valence electrons. The minimum absolute atomic E-state index is 0.0411. The SMILES string of the molecule is CS(=O)(=O)Nc1ccc(C(=O)/C=C/c2ccc(-c3ccc([N+](=O)[O-])cc3Br)o2)cc1. The second-order valence-corrected chi connectivity index (χ2v) is 8.88. The molecule has 0 saturated heterocycles. The Kier molecular flexibility index (Phi) is 6.18. The maximum atomic E-state index is 12.3. The van der Waals surface area contributed by atoms with Crippen LogP contribution in [0.5, 0.6) is 0 Å². The molecule has 0 fully saturated rings. The van der Waals surface area contributed by atoms with Crippen LogP contribution < -0.4 is 4.72 Å². The second-order valence-electron chi connectivity index (χ2n) is 6.27. The largest absolute Gasteiger partial charge is 0.457 e. The number of allylic oxidation sites excluding steroid dienone is 1. The molecule has 0 atom stereocenters. The molecule has 0 radical (unpaired) electrons. The van der Waals surface area contributed by atoms with Crippen LogP contribution in [-0.4, -0.2) is 25.4 Å². The average Bonchev–Trinajstić information content (AvgIpc) is 3.14. The molecular formula is C20H15BrN2O6S. The number of benzene rings is 2. The van der Waals surface area contributed by atoms with E-state index in [4.69, 9.17) is 4.42 Å². The van der Waals surface area contributed by atoms with E-state index in [9.17, 15) is 23.3 Å². The van der Waals surface area contributed by atoms with E-state index >= 15 is 0 Å². The molecule has 0 aliphatic heterocycles. The lowest BCUT2D eigenvalue weighted by Gasteiger charge is -2.03. The molecule has 1 N–H and O–H groups in total. The molecule has 0 amide bonds. The van der Waals surface area contributed by atoms with Gasteiger partial charge in [-0.15, -0.1) is 0 Å². The second kappa shape index (κ2) is 8.64. The summed E-state index contributed by atoms with van der Waals surface area (Å²) < 4.78 is 31.0. The zero-order valence-electron chi connectivity index (χ0n) is 15.5. The molecule has 8 nitrogen and oxygen atoms in total. The number of rotatable bonds is 7. The minimum atomic E-state index is -3.38. The summed E-state index contributed by atoms with van der Waals surface area (Å²) in [6.07, 6.45) is 3.89. The summed E-state index contributed by atoms with van der Waals surface area (Å²) in [6.45, 7) is 0. The predicted octanol–water partition coefficient (Wildman–Crippen LogP) is 4.88. The van der Waals surface area contributed by atoms with Gasteiger partial charge in [0.25, 0.3) is 5.69 Å². The molecule has 30 heavy (non-hydrogen) atoms. The van der Waals surface area contributed by atoms with Crippen molar-refractivity contribution >= 4 is 49.2 Å². The van der Waals surface area contributed by atoms with E-state index in [2.05, 4.69) is 20.7 Å². The molecule has 3 rings (SSSR count). The topological polar surface area (TPSA) is 120 Å². The molecule has 3 aromatic rings. The Labute approximate surface area is 180 Å². The molecule has 0 bridgehead atoms. The van der Waals surface area contributed by atoms with Gasteiger partial charge in [-0.3, -0.25) is 19.6 Å². The van der Waals surface area contributed by atoms with Crippen molar-refractivity contribution < 1.29 is 22.6 Å². The molecular weight excluding hydrogens is 476 g/mol. The van der Waals surface area contributed by atoms with Gasteiger partial charge in [0.1, 0.15) is 11.5 Å². The zero-order valence-corrected chi connectivity index (χ0v) is 17.9. The summed E-state index contributed by atoms with van der Waals surface area (Å²) in [4.78, 5) is 22.7. The first-order valence-electron chi connectivity index (χ1n) is 8.47. The van der Waals surface area contributed by atoms with Crippen molar-refractivity contribution in [3.63, 3.8) is 0 Å². The predicted molar refractivity (Wildman–Crippen MR) is 117 cm³/mol. The quantitative estimate of drug-likeness (QED) is 0.218. The Hall–Kier alpha value is -3.24. The Morgan fingerprint density at radius 2 is 1.83 bits per heavy atom. The number of hydrogen-bond acceptors (Lipinski definition) is 6. The van der Waals surface area contributed by atoms with Crippen molar-refractivity contribution in [1.29, 1.82) is 0 Å². The van der Waals surface area contributed by atoms with Gasteiger partial charge in [-0.1, -0.05) is 0 Å². The fourth-order valence-electron chi connectivity index (χ4n) is 2.58. The molecule has 0 aliphatic rings. The van der Waals surface area contributed by atoms with E-state index < -0.39 is 14.9 Å². The molecule has 0 spiro atoms. The summed E-state index contributed by atoms with van der Waals surface area (Å²) in [5.41, 5.74) is 1.35. The van der Waals surface area contributed by atoms with Gasteiger partial charge in [0.2, 0.25) is 10.0 Å². The van der Waals surface area contributed by atoms with E-state index in [1.165, 1.54) is 48.6 Å². The average molecular weight is 491 g/mol. The van der Waals surface area contributed by atoms with E-state index in [-0.39, 0.29) is 11.5 Å². The number of nitrogens with zero attached hydrogens (tertiary/aromatic N) is 1. The number of nitro groups is 1. The molecule has 1 aromatic heterocycles. The molecule has 2 aromatic carbocycles. The monoisotopic (exact) mass is 490 g/mol. The van der Waals surface area contributed by atoms with Crippen LogP contribution in [0, 0.1) is 10.1 Å². The Bertz CT molecular complexity index is 1250. The zero-order chi connectivity index (χ0) is 21.9. The molecule has 0 unspecified atom stereocenters. The molecule has 1 heterocycles. The number of nitro benzene ring substituents is 1. The van der Waals surface area contributed by atoms with E-state index in [0.29, 0.717) is 32.8 Å². The number of carbonyl (C=O) groups excluding carboxylic acids is 1. The Morgan fingerprint density at radius 3 is 2.43 bits per heavy atom. The molecule has 0 saturated carbocycles. The first-order chi connectivity index (χ1) is 14.1. The highest BCUT2D eigenvalue weighted by Gasteiger charge is 2.13. The third kappa shape index (κ3) is 5.43. The summed E-state index contributed by atoms with van der Waals surface area (Å²) >= 11 is 3.30. The van der Waals surface area contributed by atoms with Crippen molar-refractivity contribution in [2.75, 3.05) is 11.0 Å².